The summed E-state index contributed by atoms with van der Waals surface area (Å²) in [6.07, 6.45) is 0. The van der Waals surface area contributed by atoms with Gasteiger partial charge >= 0.3 is 0 Å². The Balaban J connectivity index is 2.00. The number of nitrogens with zero attached hydrogens (tertiary/aromatic N) is 2. The van der Waals surface area contributed by atoms with E-state index in [0.29, 0.717) is 22.6 Å². The predicted molar refractivity (Wildman–Crippen MR) is 97.5 cm³/mol. The van der Waals surface area contributed by atoms with Crippen LogP contribution < -0.4 is 5.43 Å². The van der Waals surface area contributed by atoms with E-state index in [1.165, 1.54) is 6.07 Å². The highest BCUT2D eigenvalue weighted by atomic mass is 79.9. The van der Waals surface area contributed by atoms with Crippen LogP contribution in [0.15, 0.2) is 74.3 Å². The van der Waals surface area contributed by atoms with Crippen molar-refractivity contribution in [2.24, 2.45) is 0 Å². The zero-order valence-corrected chi connectivity index (χ0v) is 14.4. The van der Waals surface area contributed by atoms with Gasteiger partial charge in [-0.3, -0.25) is 4.79 Å². The second kappa shape index (κ2) is 5.76. The van der Waals surface area contributed by atoms with E-state index in [4.69, 9.17) is 4.42 Å². The van der Waals surface area contributed by atoms with Crippen LogP contribution in [-0.4, -0.2) is 9.78 Å². The number of rotatable bonds is 2. The summed E-state index contributed by atoms with van der Waals surface area (Å²) >= 11 is 3.41. The maximum atomic E-state index is 12.6. The molecule has 0 fully saturated rings. The van der Waals surface area contributed by atoms with E-state index < -0.39 is 0 Å². The number of benzene rings is 2. The summed E-state index contributed by atoms with van der Waals surface area (Å²) in [7, 11) is 0. The predicted octanol–water partition coefficient (Wildman–Crippen LogP) is 4.72. The number of aryl methyl sites for hydroxylation is 1. The Bertz CT molecular complexity index is 1080. The SMILES string of the molecule is Cc1nn(-c2ccccc2)c2oc(-c3ccc(Br)cc3)cc(=O)c12. The van der Waals surface area contributed by atoms with Crippen LogP contribution in [0, 0.1) is 6.92 Å². The first kappa shape index (κ1) is 14.9. The number of halogens is 1. The van der Waals surface area contributed by atoms with Crippen LogP contribution in [0.1, 0.15) is 5.69 Å². The summed E-state index contributed by atoms with van der Waals surface area (Å²) in [5.74, 6) is 0.525. The topological polar surface area (TPSA) is 48.0 Å². The molecule has 0 saturated carbocycles. The van der Waals surface area contributed by atoms with Crippen molar-refractivity contribution in [3.05, 3.63) is 81.1 Å². The highest BCUT2D eigenvalue weighted by molar-refractivity contribution is 9.10. The molecule has 0 bridgehead atoms. The van der Waals surface area contributed by atoms with Crippen molar-refractivity contribution >= 4 is 27.0 Å². The molecule has 0 aliphatic heterocycles. The Labute approximate surface area is 146 Å². The van der Waals surface area contributed by atoms with Crippen LogP contribution >= 0.6 is 15.9 Å². The van der Waals surface area contributed by atoms with E-state index in [9.17, 15) is 4.79 Å². The maximum Gasteiger partial charge on any atom is 0.234 e. The Morgan fingerprint density at radius 2 is 1.75 bits per heavy atom. The van der Waals surface area contributed by atoms with E-state index in [1.54, 1.807) is 4.68 Å². The molecular weight excluding hydrogens is 368 g/mol. The van der Waals surface area contributed by atoms with Crippen molar-refractivity contribution in [3.63, 3.8) is 0 Å². The zero-order chi connectivity index (χ0) is 16.7. The van der Waals surface area contributed by atoms with Gasteiger partial charge in [0.15, 0.2) is 5.43 Å². The van der Waals surface area contributed by atoms with Gasteiger partial charge in [-0.1, -0.05) is 46.3 Å². The smallest absolute Gasteiger partial charge is 0.234 e. The third-order valence-electron chi connectivity index (χ3n) is 3.86. The van der Waals surface area contributed by atoms with Crippen molar-refractivity contribution in [1.29, 1.82) is 0 Å². The normalized spacial score (nSPS) is 11.1. The van der Waals surface area contributed by atoms with Crippen LogP contribution in [0.25, 0.3) is 28.1 Å². The quantitative estimate of drug-likeness (QED) is 0.505. The number of aromatic nitrogens is 2. The van der Waals surface area contributed by atoms with Gasteiger partial charge in [-0.2, -0.15) is 9.78 Å². The molecular formula is C19H13BrN2O2. The summed E-state index contributed by atoms with van der Waals surface area (Å²) in [5, 5.41) is 5.00. The average molecular weight is 381 g/mol. The highest BCUT2D eigenvalue weighted by Crippen LogP contribution is 2.26. The van der Waals surface area contributed by atoms with Crippen molar-refractivity contribution in [2.75, 3.05) is 0 Å². The van der Waals surface area contributed by atoms with Crippen LogP contribution in [0.4, 0.5) is 0 Å². The van der Waals surface area contributed by atoms with E-state index in [-0.39, 0.29) is 5.43 Å². The first-order chi connectivity index (χ1) is 11.6. The lowest BCUT2D eigenvalue weighted by molar-refractivity contribution is 0.587. The lowest BCUT2D eigenvalue weighted by Crippen LogP contribution is -2.01. The molecule has 0 atom stereocenters. The number of hydrogen-bond donors (Lipinski definition) is 0. The Morgan fingerprint density at radius 3 is 2.46 bits per heavy atom. The molecule has 4 nitrogen and oxygen atoms in total. The minimum atomic E-state index is -0.0890. The van der Waals surface area contributed by atoms with Crippen LogP contribution in [0.3, 0.4) is 0 Å². The number of para-hydroxylation sites is 1. The van der Waals surface area contributed by atoms with Gasteiger partial charge in [-0.05, 0) is 31.2 Å². The van der Waals surface area contributed by atoms with E-state index in [1.807, 2.05) is 61.5 Å². The standard InChI is InChI=1S/C19H13BrN2O2/c1-12-18-16(23)11-17(13-7-9-14(20)10-8-13)24-19(18)22(21-12)15-5-3-2-4-6-15/h2-11H,1H3. The van der Waals surface area contributed by atoms with Gasteiger partial charge in [0.05, 0.1) is 11.4 Å². The fourth-order valence-electron chi connectivity index (χ4n) is 2.71. The molecule has 4 aromatic rings. The molecule has 0 N–H and O–H groups in total. The molecule has 2 aromatic heterocycles. The summed E-state index contributed by atoms with van der Waals surface area (Å²) in [4.78, 5) is 12.6. The van der Waals surface area contributed by atoms with Gasteiger partial charge in [0.25, 0.3) is 0 Å². The van der Waals surface area contributed by atoms with E-state index >= 15 is 0 Å². The molecule has 118 valence electrons. The van der Waals surface area contributed by atoms with Crippen LogP contribution in [-0.2, 0) is 0 Å². The van der Waals surface area contributed by atoms with Gasteiger partial charge < -0.3 is 4.42 Å². The van der Waals surface area contributed by atoms with E-state index in [0.717, 1.165) is 15.7 Å². The first-order valence-corrected chi connectivity index (χ1v) is 8.27. The molecule has 0 aliphatic rings. The van der Waals surface area contributed by atoms with E-state index in [2.05, 4.69) is 21.0 Å². The second-order valence-electron chi connectivity index (χ2n) is 5.49. The third-order valence-corrected chi connectivity index (χ3v) is 4.39. The summed E-state index contributed by atoms with van der Waals surface area (Å²) < 4.78 is 8.71. The van der Waals surface area contributed by atoms with Crippen LogP contribution in [0.5, 0.6) is 0 Å². The van der Waals surface area contributed by atoms with Crippen molar-refractivity contribution in [3.8, 4) is 17.0 Å². The number of fused-ring (bicyclic) bond motifs is 1. The minimum Gasteiger partial charge on any atom is -0.437 e. The van der Waals surface area contributed by atoms with Gasteiger partial charge in [-0.25, -0.2) is 0 Å². The Hall–Kier alpha value is -2.66. The molecule has 2 aromatic carbocycles. The summed E-state index contributed by atoms with van der Waals surface area (Å²) in [5.41, 5.74) is 2.73. The second-order valence-corrected chi connectivity index (χ2v) is 6.41. The molecule has 0 amide bonds. The molecule has 2 heterocycles. The summed E-state index contributed by atoms with van der Waals surface area (Å²) in [6, 6.07) is 18.8. The van der Waals surface area contributed by atoms with Gasteiger partial charge in [0.2, 0.25) is 5.71 Å². The summed E-state index contributed by atoms with van der Waals surface area (Å²) in [6.45, 7) is 1.82. The third kappa shape index (κ3) is 2.47. The molecule has 4 rings (SSSR count). The van der Waals surface area contributed by atoms with Gasteiger partial charge in [-0.15, -0.1) is 0 Å². The van der Waals surface area contributed by atoms with Gasteiger partial charge in [0, 0.05) is 16.1 Å². The van der Waals surface area contributed by atoms with Gasteiger partial charge in [0.1, 0.15) is 11.1 Å². The zero-order valence-electron chi connectivity index (χ0n) is 12.9. The number of hydrogen-bond acceptors (Lipinski definition) is 3. The minimum absolute atomic E-state index is 0.0890. The van der Waals surface area contributed by atoms with Crippen molar-refractivity contribution < 1.29 is 4.42 Å². The van der Waals surface area contributed by atoms with Crippen molar-refractivity contribution in [1.82, 2.24) is 9.78 Å². The molecule has 24 heavy (non-hydrogen) atoms. The van der Waals surface area contributed by atoms with Crippen molar-refractivity contribution in [2.45, 2.75) is 6.92 Å². The molecule has 5 heteroatoms. The molecule has 0 saturated heterocycles. The van der Waals surface area contributed by atoms with Crippen LogP contribution in [0.2, 0.25) is 0 Å². The lowest BCUT2D eigenvalue weighted by atomic mass is 10.1. The highest BCUT2D eigenvalue weighted by Gasteiger charge is 2.16. The molecule has 0 radical (unpaired) electrons. The Kier molecular flexibility index (Phi) is 3.58. The fraction of sp³-hybridized carbons (Fsp3) is 0.0526. The maximum absolute atomic E-state index is 12.6. The monoisotopic (exact) mass is 380 g/mol. The Morgan fingerprint density at radius 1 is 1.04 bits per heavy atom. The lowest BCUT2D eigenvalue weighted by Gasteiger charge is -2.04. The molecule has 0 spiro atoms. The molecule has 0 aliphatic carbocycles. The molecule has 0 unspecified atom stereocenters. The first-order valence-electron chi connectivity index (χ1n) is 7.48. The fourth-order valence-corrected chi connectivity index (χ4v) is 2.97. The largest absolute Gasteiger partial charge is 0.437 e. The average Bonchev–Trinajstić information content (AvgIpc) is 2.93.